The molecule has 14 heavy (non-hydrogen) atoms. The van der Waals surface area contributed by atoms with E-state index in [2.05, 4.69) is 12.6 Å². The van der Waals surface area contributed by atoms with Crippen molar-refractivity contribution in [2.45, 2.75) is 13.5 Å². The molecule has 0 aliphatic carbocycles. The Morgan fingerprint density at radius 2 is 2.29 bits per heavy atom. The third-order valence-electron chi connectivity index (χ3n) is 1.92. The average Bonchev–Trinajstić information content (AvgIpc) is 2.19. The van der Waals surface area contributed by atoms with Crippen LogP contribution in [0.4, 0.5) is 0 Å². The summed E-state index contributed by atoms with van der Waals surface area (Å²) in [5, 5.41) is 0. The van der Waals surface area contributed by atoms with Crippen molar-refractivity contribution in [2.75, 3.05) is 19.0 Å². The van der Waals surface area contributed by atoms with Gasteiger partial charge in [-0.3, -0.25) is 4.79 Å². The Labute approximate surface area is 89.1 Å². The number of hydrogen-bond acceptors (Lipinski definition) is 3. The molecule has 0 saturated carbocycles. The first-order chi connectivity index (χ1) is 6.75. The Morgan fingerprint density at radius 1 is 1.50 bits per heavy atom. The van der Waals surface area contributed by atoms with Crippen molar-refractivity contribution in [3.8, 4) is 0 Å². The van der Waals surface area contributed by atoms with Crippen LogP contribution in [0.5, 0.6) is 0 Å². The first kappa shape index (κ1) is 11.3. The van der Waals surface area contributed by atoms with Gasteiger partial charge in [0.25, 0.3) is 5.56 Å². The van der Waals surface area contributed by atoms with Gasteiger partial charge in [0, 0.05) is 24.1 Å². The molecule has 0 radical (unpaired) electrons. The maximum absolute atomic E-state index is 11.5. The average molecular weight is 213 g/mol. The molecule has 0 saturated heterocycles. The number of hydrogen-bond donors (Lipinski definition) is 1. The second kappa shape index (κ2) is 5.88. The molecule has 1 aromatic rings. The zero-order valence-electron chi connectivity index (χ0n) is 8.27. The Morgan fingerprint density at radius 3 is 3.00 bits per heavy atom. The molecule has 0 aromatic carbocycles. The molecular formula is C10H15NO2S. The molecule has 78 valence electrons. The van der Waals surface area contributed by atoms with Gasteiger partial charge in [-0.25, -0.2) is 0 Å². The molecule has 0 fully saturated rings. The monoisotopic (exact) mass is 213 g/mol. The second-order valence-electron chi connectivity index (χ2n) is 3.03. The molecule has 0 bridgehead atoms. The quantitative estimate of drug-likeness (QED) is 0.586. The first-order valence-corrected chi connectivity index (χ1v) is 5.23. The normalized spacial score (nSPS) is 10.4. The van der Waals surface area contributed by atoms with E-state index >= 15 is 0 Å². The SMILES string of the molecule is Cc1cccn(CCOCCS)c1=O. The van der Waals surface area contributed by atoms with E-state index in [0.717, 1.165) is 5.56 Å². The molecule has 0 N–H and O–H groups in total. The Balaban J connectivity index is 2.51. The lowest BCUT2D eigenvalue weighted by Gasteiger charge is -2.06. The minimum atomic E-state index is 0.0574. The molecule has 0 unspecified atom stereocenters. The molecular weight excluding hydrogens is 198 g/mol. The molecule has 1 rings (SSSR count). The fraction of sp³-hybridized carbons (Fsp3) is 0.500. The van der Waals surface area contributed by atoms with Crippen LogP contribution in [0.25, 0.3) is 0 Å². The van der Waals surface area contributed by atoms with Crippen LogP contribution >= 0.6 is 12.6 Å². The van der Waals surface area contributed by atoms with Crippen molar-refractivity contribution in [2.24, 2.45) is 0 Å². The molecule has 0 spiro atoms. The summed E-state index contributed by atoms with van der Waals surface area (Å²) in [6.07, 6.45) is 1.78. The van der Waals surface area contributed by atoms with E-state index in [1.807, 2.05) is 19.1 Å². The predicted molar refractivity (Wildman–Crippen MR) is 60.1 cm³/mol. The summed E-state index contributed by atoms with van der Waals surface area (Å²) in [4.78, 5) is 11.5. The van der Waals surface area contributed by atoms with Gasteiger partial charge in [-0.15, -0.1) is 0 Å². The lowest BCUT2D eigenvalue weighted by atomic mass is 10.3. The molecule has 4 heteroatoms. The lowest BCUT2D eigenvalue weighted by Crippen LogP contribution is -2.23. The molecule has 3 nitrogen and oxygen atoms in total. The van der Waals surface area contributed by atoms with Crippen molar-refractivity contribution >= 4 is 12.6 Å². The summed E-state index contributed by atoms with van der Waals surface area (Å²) in [6, 6.07) is 3.68. The number of thiol groups is 1. The highest BCUT2D eigenvalue weighted by molar-refractivity contribution is 7.80. The third-order valence-corrected chi connectivity index (χ3v) is 2.11. The van der Waals surface area contributed by atoms with Gasteiger partial charge in [0.2, 0.25) is 0 Å². The van der Waals surface area contributed by atoms with Crippen molar-refractivity contribution in [3.05, 3.63) is 34.2 Å². The Bertz CT molecular complexity index is 335. The van der Waals surface area contributed by atoms with Gasteiger partial charge < -0.3 is 9.30 Å². The van der Waals surface area contributed by atoms with Crippen LogP contribution < -0.4 is 5.56 Å². The molecule has 1 heterocycles. The zero-order chi connectivity index (χ0) is 10.4. The number of ether oxygens (including phenoxy) is 1. The van der Waals surface area contributed by atoms with E-state index in [1.54, 1.807) is 10.8 Å². The highest BCUT2D eigenvalue weighted by Crippen LogP contribution is 1.89. The Kier molecular flexibility index (Phi) is 4.76. The Hall–Kier alpha value is -0.740. The van der Waals surface area contributed by atoms with Gasteiger partial charge in [0.15, 0.2) is 0 Å². The van der Waals surface area contributed by atoms with E-state index in [0.29, 0.717) is 25.5 Å². The van der Waals surface area contributed by atoms with E-state index in [1.165, 1.54) is 0 Å². The van der Waals surface area contributed by atoms with Gasteiger partial charge in [-0.05, 0) is 13.0 Å². The standard InChI is InChI=1S/C10H15NO2S/c1-9-3-2-4-11(10(9)12)5-6-13-7-8-14/h2-4,14H,5-8H2,1H3. The van der Waals surface area contributed by atoms with Crippen LogP contribution in [0.1, 0.15) is 5.56 Å². The molecule has 1 aromatic heterocycles. The van der Waals surface area contributed by atoms with Crippen LogP contribution in [-0.2, 0) is 11.3 Å². The lowest BCUT2D eigenvalue weighted by molar-refractivity contribution is 0.140. The minimum absolute atomic E-state index is 0.0574. The zero-order valence-corrected chi connectivity index (χ0v) is 9.17. The highest BCUT2D eigenvalue weighted by Gasteiger charge is 1.97. The van der Waals surface area contributed by atoms with Gasteiger partial charge >= 0.3 is 0 Å². The van der Waals surface area contributed by atoms with Crippen LogP contribution in [0, 0.1) is 6.92 Å². The summed E-state index contributed by atoms with van der Waals surface area (Å²) in [5.74, 6) is 0.711. The fourth-order valence-corrected chi connectivity index (χ4v) is 1.29. The van der Waals surface area contributed by atoms with Crippen molar-refractivity contribution < 1.29 is 4.74 Å². The molecule has 0 aliphatic heterocycles. The topological polar surface area (TPSA) is 31.2 Å². The first-order valence-electron chi connectivity index (χ1n) is 4.60. The van der Waals surface area contributed by atoms with Crippen molar-refractivity contribution in [1.82, 2.24) is 4.57 Å². The van der Waals surface area contributed by atoms with E-state index in [-0.39, 0.29) is 5.56 Å². The summed E-state index contributed by atoms with van der Waals surface area (Å²) in [6.45, 7) is 3.61. The van der Waals surface area contributed by atoms with Gasteiger partial charge in [0.1, 0.15) is 0 Å². The fourth-order valence-electron chi connectivity index (χ4n) is 1.16. The number of aromatic nitrogens is 1. The number of nitrogens with zero attached hydrogens (tertiary/aromatic N) is 1. The maximum Gasteiger partial charge on any atom is 0.253 e. The minimum Gasteiger partial charge on any atom is -0.379 e. The van der Waals surface area contributed by atoms with E-state index in [9.17, 15) is 4.79 Å². The van der Waals surface area contributed by atoms with E-state index in [4.69, 9.17) is 4.74 Å². The van der Waals surface area contributed by atoms with Crippen LogP contribution in [0.2, 0.25) is 0 Å². The smallest absolute Gasteiger partial charge is 0.253 e. The van der Waals surface area contributed by atoms with Crippen LogP contribution in [-0.4, -0.2) is 23.5 Å². The second-order valence-corrected chi connectivity index (χ2v) is 3.47. The number of rotatable bonds is 5. The molecule has 0 aliphatic rings. The van der Waals surface area contributed by atoms with Crippen LogP contribution in [0.3, 0.4) is 0 Å². The maximum atomic E-state index is 11.5. The van der Waals surface area contributed by atoms with Gasteiger partial charge in [-0.2, -0.15) is 12.6 Å². The van der Waals surface area contributed by atoms with Gasteiger partial charge in [-0.1, -0.05) is 6.07 Å². The molecule has 0 atom stereocenters. The van der Waals surface area contributed by atoms with E-state index < -0.39 is 0 Å². The summed E-state index contributed by atoms with van der Waals surface area (Å²) < 4.78 is 6.91. The summed E-state index contributed by atoms with van der Waals surface area (Å²) >= 11 is 4.02. The summed E-state index contributed by atoms with van der Waals surface area (Å²) in [7, 11) is 0. The van der Waals surface area contributed by atoms with Gasteiger partial charge in [0.05, 0.1) is 13.2 Å². The molecule has 0 amide bonds. The third kappa shape index (κ3) is 3.20. The number of pyridine rings is 1. The van der Waals surface area contributed by atoms with Crippen molar-refractivity contribution in [3.63, 3.8) is 0 Å². The highest BCUT2D eigenvalue weighted by atomic mass is 32.1. The van der Waals surface area contributed by atoms with Crippen molar-refractivity contribution in [1.29, 1.82) is 0 Å². The predicted octanol–water partition coefficient (Wildman–Crippen LogP) is 1.10. The largest absolute Gasteiger partial charge is 0.379 e. The number of aryl methyl sites for hydroxylation is 1. The van der Waals surface area contributed by atoms with Crippen LogP contribution in [0.15, 0.2) is 23.1 Å². The summed E-state index contributed by atoms with van der Waals surface area (Å²) in [5.41, 5.74) is 0.823.